The van der Waals surface area contributed by atoms with E-state index >= 15 is 0 Å². The Labute approximate surface area is 217 Å². The summed E-state index contributed by atoms with van der Waals surface area (Å²) in [7, 11) is 3.11. The molecule has 0 atom stereocenters. The van der Waals surface area contributed by atoms with Crippen molar-refractivity contribution in [1.29, 1.82) is 0 Å². The molecule has 0 aliphatic carbocycles. The quantitative estimate of drug-likeness (QED) is 0.172. The molecule has 1 aliphatic rings. The summed E-state index contributed by atoms with van der Waals surface area (Å²) in [6, 6.07) is 9.88. The van der Waals surface area contributed by atoms with Gasteiger partial charge in [-0.15, -0.1) is 10.2 Å². The molecule has 12 heteroatoms. The molecule has 194 valence electrons. The van der Waals surface area contributed by atoms with Crippen molar-refractivity contribution in [3.63, 3.8) is 0 Å². The van der Waals surface area contributed by atoms with Crippen LogP contribution in [0.4, 0.5) is 11.4 Å². The van der Waals surface area contributed by atoms with Gasteiger partial charge in [-0.25, -0.2) is 4.79 Å². The van der Waals surface area contributed by atoms with Crippen molar-refractivity contribution in [3.05, 3.63) is 57.0 Å². The zero-order valence-corrected chi connectivity index (χ0v) is 21.5. The van der Waals surface area contributed by atoms with E-state index in [-0.39, 0.29) is 10.6 Å². The summed E-state index contributed by atoms with van der Waals surface area (Å²) in [5.74, 6) is 0.528. The van der Waals surface area contributed by atoms with E-state index in [1.54, 1.807) is 43.1 Å². The van der Waals surface area contributed by atoms with Crippen molar-refractivity contribution in [3.8, 4) is 22.9 Å². The summed E-state index contributed by atoms with van der Waals surface area (Å²) in [4.78, 5) is 25.3. The molecular weight excluding hydrogens is 498 g/mol. The molecule has 37 heavy (non-hydrogen) atoms. The summed E-state index contributed by atoms with van der Waals surface area (Å²) in [5, 5.41) is 30.4. The summed E-state index contributed by atoms with van der Waals surface area (Å²) >= 11 is 0.944. The SMILES string of the molecule is CCn1c(S/C(=C/c2cc([N+](=O)[O-])ccc2N2CCCC2)C(=O)O)nnc1-c1cc(OC)cc(OC)c1. The van der Waals surface area contributed by atoms with Gasteiger partial charge >= 0.3 is 5.97 Å². The molecule has 11 nitrogen and oxygen atoms in total. The molecule has 0 radical (unpaired) electrons. The number of hydrogen-bond acceptors (Lipinski definition) is 9. The van der Waals surface area contributed by atoms with Crippen molar-refractivity contribution >= 4 is 35.2 Å². The first-order valence-electron chi connectivity index (χ1n) is 11.7. The Hall–Kier alpha value is -4.06. The predicted octanol–water partition coefficient (Wildman–Crippen LogP) is 4.71. The molecular formula is C25H27N5O6S. The Morgan fingerprint density at radius 2 is 1.81 bits per heavy atom. The van der Waals surface area contributed by atoms with E-state index in [1.165, 1.54) is 18.2 Å². The molecule has 1 aromatic heterocycles. The van der Waals surface area contributed by atoms with Crippen LogP contribution in [-0.2, 0) is 11.3 Å². The number of nitro benzene ring substituents is 1. The lowest BCUT2D eigenvalue weighted by atomic mass is 10.1. The van der Waals surface area contributed by atoms with E-state index in [0.29, 0.717) is 40.2 Å². The second kappa shape index (κ2) is 11.3. The minimum Gasteiger partial charge on any atom is -0.497 e. The molecule has 4 rings (SSSR count). The molecule has 1 N–H and O–H groups in total. The number of carbonyl (C=O) groups is 1. The molecule has 3 aromatic rings. The number of carboxylic acid groups (broad SMARTS) is 1. The summed E-state index contributed by atoms with van der Waals surface area (Å²) in [6.07, 6.45) is 3.49. The number of nitrogens with zero attached hydrogens (tertiary/aromatic N) is 5. The monoisotopic (exact) mass is 525 g/mol. The molecule has 2 heterocycles. The third-order valence-corrected chi connectivity index (χ3v) is 7.01. The number of methoxy groups -OCH3 is 2. The number of non-ortho nitro benzene ring substituents is 1. The van der Waals surface area contributed by atoms with Gasteiger partial charge < -0.3 is 24.0 Å². The van der Waals surface area contributed by atoms with Crippen molar-refractivity contribution < 1.29 is 24.3 Å². The van der Waals surface area contributed by atoms with Gasteiger partial charge in [0.15, 0.2) is 11.0 Å². The van der Waals surface area contributed by atoms with Crippen molar-refractivity contribution in [1.82, 2.24) is 14.8 Å². The fourth-order valence-corrected chi connectivity index (χ4v) is 5.07. The van der Waals surface area contributed by atoms with Gasteiger partial charge in [0.1, 0.15) is 16.4 Å². The van der Waals surface area contributed by atoms with E-state index in [1.807, 2.05) is 6.92 Å². The van der Waals surface area contributed by atoms with Gasteiger partial charge in [-0.2, -0.15) is 0 Å². The Morgan fingerprint density at radius 1 is 1.14 bits per heavy atom. The van der Waals surface area contributed by atoms with Crippen molar-refractivity contribution in [2.24, 2.45) is 0 Å². The smallest absolute Gasteiger partial charge is 0.342 e. The van der Waals surface area contributed by atoms with Crippen LogP contribution in [-0.4, -0.2) is 58.1 Å². The molecule has 0 saturated carbocycles. The van der Waals surface area contributed by atoms with Crippen LogP contribution in [0, 0.1) is 10.1 Å². The molecule has 2 aromatic carbocycles. The molecule has 0 spiro atoms. The lowest BCUT2D eigenvalue weighted by Crippen LogP contribution is -2.18. The standard InChI is InChI=1S/C25H27N5O6S/c1-4-29-23(17-12-19(35-2)15-20(13-17)36-3)26-27-25(29)37-22(24(31)32)14-16-11-18(30(33)34)7-8-21(16)28-9-5-6-10-28/h7-8,11-15H,4-6,9-10H2,1-3H3,(H,31,32)/b22-14+. The highest BCUT2D eigenvalue weighted by atomic mass is 32.2. The topological polar surface area (TPSA) is 133 Å². The van der Waals surface area contributed by atoms with Crippen LogP contribution in [0.25, 0.3) is 17.5 Å². The maximum absolute atomic E-state index is 12.3. The molecule has 0 amide bonds. The van der Waals surface area contributed by atoms with Crippen LogP contribution in [0.2, 0.25) is 0 Å². The maximum Gasteiger partial charge on any atom is 0.342 e. The van der Waals surface area contributed by atoms with Gasteiger partial charge in [0.2, 0.25) is 0 Å². The number of benzene rings is 2. The maximum atomic E-state index is 12.3. The Morgan fingerprint density at radius 3 is 2.38 bits per heavy atom. The zero-order valence-electron chi connectivity index (χ0n) is 20.7. The first-order valence-corrected chi connectivity index (χ1v) is 12.5. The first-order chi connectivity index (χ1) is 17.8. The Bertz CT molecular complexity index is 1330. The van der Waals surface area contributed by atoms with Crippen LogP contribution in [0.3, 0.4) is 0 Å². The van der Waals surface area contributed by atoms with Gasteiger partial charge in [-0.1, -0.05) is 0 Å². The lowest BCUT2D eigenvalue weighted by molar-refractivity contribution is -0.384. The largest absolute Gasteiger partial charge is 0.497 e. The number of thioether (sulfide) groups is 1. The zero-order chi connectivity index (χ0) is 26.5. The molecule has 1 aliphatic heterocycles. The van der Waals surface area contributed by atoms with Crippen LogP contribution in [0.1, 0.15) is 25.3 Å². The normalized spacial score (nSPS) is 13.6. The first kappa shape index (κ1) is 26.0. The highest BCUT2D eigenvalue weighted by Crippen LogP contribution is 2.36. The predicted molar refractivity (Wildman–Crippen MR) is 140 cm³/mol. The molecule has 0 bridgehead atoms. The Balaban J connectivity index is 1.75. The number of nitro groups is 1. The number of rotatable bonds is 10. The second-order valence-electron chi connectivity index (χ2n) is 8.26. The molecule has 0 unspecified atom stereocenters. The third-order valence-electron chi connectivity index (χ3n) is 6.01. The van der Waals surface area contributed by atoms with E-state index in [2.05, 4.69) is 15.1 Å². The Kier molecular flexibility index (Phi) is 7.97. The number of ether oxygens (including phenoxy) is 2. The molecule has 1 saturated heterocycles. The van der Waals surface area contributed by atoms with Crippen LogP contribution in [0.15, 0.2) is 46.5 Å². The van der Waals surface area contributed by atoms with Gasteiger partial charge in [0, 0.05) is 54.6 Å². The highest BCUT2D eigenvalue weighted by molar-refractivity contribution is 8.04. The van der Waals surface area contributed by atoms with Crippen molar-refractivity contribution in [2.45, 2.75) is 31.5 Å². The minimum absolute atomic E-state index is 0.0298. The average molecular weight is 526 g/mol. The van der Waals surface area contributed by atoms with Gasteiger partial charge in [0.05, 0.1) is 19.1 Å². The summed E-state index contributed by atoms with van der Waals surface area (Å²) < 4.78 is 12.5. The number of aromatic nitrogens is 3. The van der Waals surface area contributed by atoms with E-state index in [0.717, 1.165) is 43.4 Å². The van der Waals surface area contributed by atoms with Gasteiger partial charge in [-0.05, 0) is 55.8 Å². The highest BCUT2D eigenvalue weighted by Gasteiger charge is 2.22. The van der Waals surface area contributed by atoms with Crippen LogP contribution < -0.4 is 14.4 Å². The van der Waals surface area contributed by atoms with E-state index < -0.39 is 10.9 Å². The minimum atomic E-state index is -1.17. The van der Waals surface area contributed by atoms with Gasteiger partial charge in [-0.3, -0.25) is 10.1 Å². The van der Waals surface area contributed by atoms with Gasteiger partial charge in [0.25, 0.3) is 5.69 Å². The second-order valence-corrected chi connectivity index (χ2v) is 9.27. The summed E-state index contributed by atoms with van der Waals surface area (Å²) in [6.45, 7) is 4.01. The fourth-order valence-electron chi connectivity index (χ4n) is 4.19. The number of carboxylic acids is 1. The molecule has 1 fully saturated rings. The number of hydrogen-bond donors (Lipinski definition) is 1. The van der Waals surface area contributed by atoms with E-state index in [4.69, 9.17) is 9.47 Å². The lowest BCUT2D eigenvalue weighted by Gasteiger charge is -2.20. The average Bonchev–Trinajstić information content (AvgIpc) is 3.58. The van der Waals surface area contributed by atoms with E-state index in [9.17, 15) is 20.0 Å². The fraction of sp³-hybridized carbons (Fsp3) is 0.320. The summed E-state index contributed by atoms with van der Waals surface area (Å²) in [5.41, 5.74) is 1.84. The number of aliphatic carboxylic acids is 1. The number of anilines is 1. The van der Waals surface area contributed by atoms with Crippen molar-refractivity contribution in [2.75, 3.05) is 32.2 Å². The third kappa shape index (κ3) is 5.69. The van der Waals surface area contributed by atoms with Crippen LogP contribution >= 0.6 is 11.8 Å². The van der Waals surface area contributed by atoms with Crippen LogP contribution in [0.5, 0.6) is 11.5 Å².